The van der Waals surface area contributed by atoms with Crippen LogP contribution >= 0.6 is 0 Å². The number of hydrogen-bond acceptors (Lipinski definition) is 3. The van der Waals surface area contributed by atoms with E-state index < -0.39 is 16.8 Å². The summed E-state index contributed by atoms with van der Waals surface area (Å²) in [5.41, 5.74) is 1.94. The number of aryl methyl sites for hydroxylation is 2. The van der Waals surface area contributed by atoms with E-state index in [0.29, 0.717) is 17.1 Å². The second-order valence-corrected chi connectivity index (χ2v) is 7.63. The molecule has 0 spiro atoms. The van der Waals surface area contributed by atoms with Gasteiger partial charge in [0, 0.05) is 12.6 Å². The van der Waals surface area contributed by atoms with E-state index in [1.54, 1.807) is 39.1 Å². The number of anilines is 3. The molecule has 7 heteroatoms. The molecule has 128 valence electrons. The molecule has 3 rings (SSSR count). The molecule has 2 N–H and O–H groups in total. The number of nitrogens with one attached hydrogen (secondary N) is 2. The molecule has 1 fully saturated rings. The second kappa shape index (κ2) is 6.39. The predicted octanol–water partition coefficient (Wildman–Crippen LogP) is 3.12. The van der Waals surface area contributed by atoms with Crippen LogP contribution in [0.2, 0.25) is 0 Å². The minimum absolute atomic E-state index is 0.145. The van der Waals surface area contributed by atoms with Gasteiger partial charge >= 0.3 is 0 Å². The van der Waals surface area contributed by atoms with Crippen LogP contribution in [-0.2, 0) is 18.0 Å². The van der Waals surface area contributed by atoms with Crippen molar-refractivity contribution in [1.29, 1.82) is 0 Å². The lowest BCUT2D eigenvalue weighted by molar-refractivity contribution is 0.630. The first-order valence-corrected chi connectivity index (χ1v) is 8.99. The van der Waals surface area contributed by atoms with Crippen LogP contribution in [0.15, 0.2) is 29.1 Å². The lowest BCUT2D eigenvalue weighted by Gasteiger charge is -2.18. The molecule has 2 aromatic rings. The zero-order chi connectivity index (χ0) is 17.4. The van der Waals surface area contributed by atoms with Crippen LogP contribution in [0.3, 0.4) is 0 Å². The Morgan fingerprint density at radius 1 is 1.21 bits per heavy atom. The third-order valence-corrected chi connectivity index (χ3v) is 5.51. The average Bonchev–Trinajstić information content (AvgIpc) is 3.35. The molecule has 1 heterocycles. The van der Waals surface area contributed by atoms with Gasteiger partial charge in [0.2, 0.25) is 0 Å². The lowest BCUT2D eigenvalue weighted by Crippen LogP contribution is -2.24. The topological polar surface area (TPSA) is 63.1 Å². The molecule has 1 atom stereocenters. The minimum Gasteiger partial charge on any atom is -0.337 e. The van der Waals surface area contributed by atoms with Gasteiger partial charge in [0.15, 0.2) is 0 Å². The van der Waals surface area contributed by atoms with Crippen LogP contribution in [0.5, 0.6) is 0 Å². The highest BCUT2D eigenvalue weighted by Gasteiger charge is 2.29. The molecular formula is C17H20FN3O2S. The predicted molar refractivity (Wildman–Crippen MR) is 95.6 cm³/mol. The fourth-order valence-corrected chi connectivity index (χ4v) is 3.55. The summed E-state index contributed by atoms with van der Waals surface area (Å²) < 4.78 is 30.7. The van der Waals surface area contributed by atoms with E-state index in [4.69, 9.17) is 0 Å². The molecule has 24 heavy (non-hydrogen) atoms. The summed E-state index contributed by atoms with van der Waals surface area (Å²) >= 11 is 0. The van der Waals surface area contributed by atoms with Gasteiger partial charge < -0.3 is 10.0 Å². The van der Waals surface area contributed by atoms with Gasteiger partial charge in [-0.3, -0.25) is 9.36 Å². The third kappa shape index (κ3) is 3.36. The van der Waals surface area contributed by atoms with E-state index in [1.165, 1.54) is 10.6 Å². The SMILES string of the molecule is Cc1ccc(Nc2c(NS(=O)C3CC3)cc(C)c(=O)n2C)c(F)c1. The van der Waals surface area contributed by atoms with Gasteiger partial charge in [0.05, 0.1) is 16.6 Å². The maximum atomic E-state index is 14.1. The van der Waals surface area contributed by atoms with Crippen molar-refractivity contribution in [2.24, 2.45) is 7.05 Å². The summed E-state index contributed by atoms with van der Waals surface area (Å²) in [5.74, 6) is -0.0142. The molecule has 0 aliphatic heterocycles. The Morgan fingerprint density at radius 3 is 2.54 bits per heavy atom. The van der Waals surface area contributed by atoms with Crippen molar-refractivity contribution in [3.63, 3.8) is 0 Å². The van der Waals surface area contributed by atoms with Crippen LogP contribution in [0.1, 0.15) is 24.0 Å². The Balaban J connectivity index is 2.02. The Bertz CT molecular complexity index is 875. The number of aromatic nitrogens is 1. The lowest BCUT2D eigenvalue weighted by atomic mass is 10.2. The molecule has 0 saturated heterocycles. The maximum absolute atomic E-state index is 14.1. The second-order valence-electron chi connectivity index (χ2n) is 6.16. The van der Waals surface area contributed by atoms with Gasteiger partial charge in [-0.05, 0) is 50.5 Å². The van der Waals surface area contributed by atoms with Crippen molar-refractivity contribution in [2.45, 2.75) is 31.9 Å². The molecular weight excluding hydrogens is 329 g/mol. The fourth-order valence-electron chi connectivity index (χ4n) is 2.45. The smallest absolute Gasteiger partial charge is 0.254 e. The van der Waals surface area contributed by atoms with Crippen molar-refractivity contribution in [3.05, 3.63) is 51.6 Å². The summed E-state index contributed by atoms with van der Waals surface area (Å²) in [6, 6.07) is 6.48. The first-order chi connectivity index (χ1) is 11.4. The maximum Gasteiger partial charge on any atom is 0.254 e. The standard InChI is InChI=1S/C17H20FN3O2S/c1-10-4-7-14(13(18)8-10)19-16-15(20-24(23)12-5-6-12)9-11(2)17(22)21(16)3/h4,7-9,12,19-20H,5-6H2,1-3H3. The summed E-state index contributed by atoms with van der Waals surface area (Å²) in [5, 5.41) is 3.10. The number of rotatable bonds is 5. The Morgan fingerprint density at radius 2 is 1.92 bits per heavy atom. The van der Waals surface area contributed by atoms with Crippen LogP contribution in [0, 0.1) is 19.7 Å². The monoisotopic (exact) mass is 349 g/mol. The van der Waals surface area contributed by atoms with E-state index in [-0.39, 0.29) is 16.5 Å². The van der Waals surface area contributed by atoms with Gasteiger partial charge in [-0.15, -0.1) is 0 Å². The first kappa shape index (κ1) is 16.7. The number of nitrogens with zero attached hydrogens (tertiary/aromatic N) is 1. The third-order valence-electron chi connectivity index (χ3n) is 4.01. The zero-order valence-corrected chi connectivity index (χ0v) is 14.7. The number of benzene rings is 1. The number of pyridine rings is 1. The van der Waals surface area contributed by atoms with Gasteiger partial charge in [-0.2, -0.15) is 0 Å². The minimum atomic E-state index is -1.21. The van der Waals surface area contributed by atoms with Gasteiger partial charge in [-0.25, -0.2) is 8.60 Å². The molecule has 1 aromatic carbocycles. The van der Waals surface area contributed by atoms with Gasteiger partial charge in [-0.1, -0.05) is 6.07 Å². The first-order valence-electron chi connectivity index (χ1n) is 7.78. The average molecular weight is 349 g/mol. The Kier molecular flexibility index (Phi) is 4.45. The molecule has 1 saturated carbocycles. The summed E-state index contributed by atoms with van der Waals surface area (Å²) in [6.07, 6.45) is 1.86. The largest absolute Gasteiger partial charge is 0.337 e. The highest BCUT2D eigenvalue weighted by Crippen LogP contribution is 2.31. The summed E-state index contributed by atoms with van der Waals surface area (Å²) in [4.78, 5) is 12.2. The summed E-state index contributed by atoms with van der Waals surface area (Å²) in [7, 11) is 0.395. The quantitative estimate of drug-likeness (QED) is 0.872. The molecule has 1 unspecified atom stereocenters. The van der Waals surface area contributed by atoms with Crippen molar-refractivity contribution in [1.82, 2.24) is 4.57 Å². The zero-order valence-electron chi connectivity index (χ0n) is 13.9. The van der Waals surface area contributed by atoms with E-state index in [2.05, 4.69) is 10.0 Å². The molecule has 1 aliphatic carbocycles. The number of hydrogen-bond donors (Lipinski definition) is 2. The van der Waals surface area contributed by atoms with E-state index >= 15 is 0 Å². The molecule has 0 bridgehead atoms. The molecule has 0 radical (unpaired) electrons. The highest BCUT2D eigenvalue weighted by molar-refractivity contribution is 7.87. The Hall–Kier alpha value is -2.15. The molecule has 0 amide bonds. The van der Waals surface area contributed by atoms with Crippen molar-refractivity contribution in [3.8, 4) is 0 Å². The van der Waals surface area contributed by atoms with Crippen LogP contribution < -0.4 is 15.6 Å². The van der Waals surface area contributed by atoms with Crippen LogP contribution in [0.4, 0.5) is 21.6 Å². The Labute approximate surface area is 142 Å². The van der Waals surface area contributed by atoms with Crippen LogP contribution in [0.25, 0.3) is 0 Å². The molecule has 1 aliphatic rings. The molecule has 1 aromatic heterocycles. The van der Waals surface area contributed by atoms with Gasteiger partial charge in [0.25, 0.3) is 5.56 Å². The van der Waals surface area contributed by atoms with E-state index in [0.717, 1.165) is 18.4 Å². The summed E-state index contributed by atoms with van der Waals surface area (Å²) in [6.45, 7) is 3.50. The van der Waals surface area contributed by atoms with Crippen molar-refractivity contribution >= 4 is 28.2 Å². The highest BCUT2D eigenvalue weighted by atomic mass is 32.2. The van der Waals surface area contributed by atoms with Crippen molar-refractivity contribution in [2.75, 3.05) is 10.0 Å². The van der Waals surface area contributed by atoms with Crippen molar-refractivity contribution < 1.29 is 8.60 Å². The normalized spacial score (nSPS) is 15.2. The van der Waals surface area contributed by atoms with E-state index in [1.807, 2.05) is 0 Å². The number of halogens is 1. The molecule has 5 nitrogen and oxygen atoms in total. The van der Waals surface area contributed by atoms with E-state index in [9.17, 15) is 13.4 Å². The fraction of sp³-hybridized carbons (Fsp3) is 0.353. The van der Waals surface area contributed by atoms with Gasteiger partial charge in [0.1, 0.15) is 22.6 Å². The van der Waals surface area contributed by atoms with Crippen LogP contribution in [-0.4, -0.2) is 14.0 Å².